The van der Waals surface area contributed by atoms with Gasteiger partial charge in [0.1, 0.15) is 0 Å². The maximum Gasteiger partial charge on any atom is 0.194 e. The van der Waals surface area contributed by atoms with Gasteiger partial charge in [-0.3, -0.25) is 4.99 Å². The number of guanidine groups is 1. The Kier molecular flexibility index (Phi) is 8.00. The lowest BCUT2D eigenvalue weighted by molar-refractivity contribution is -0.0156. The van der Waals surface area contributed by atoms with Gasteiger partial charge in [0.25, 0.3) is 0 Å². The molecule has 6 heteroatoms. The van der Waals surface area contributed by atoms with E-state index in [4.69, 9.17) is 4.99 Å². The molecule has 1 saturated heterocycles. The quantitative estimate of drug-likeness (QED) is 0.370. The Morgan fingerprint density at radius 1 is 1.21 bits per heavy atom. The third kappa shape index (κ3) is 4.53. The van der Waals surface area contributed by atoms with E-state index >= 15 is 0 Å². The van der Waals surface area contributed by atoms with E-state index in [-0.39, 0.29) is 24.0 Å². The van der Waals surface area contributed by atoms with Gasteiger partial charge in [-0.05, 0) is 50.2 Å². The van der Waals surface area contributed by atoms with Crippen molar-refractivity contribution in [3.05, 3.63) is 0 Å². The number of nitrogens with zero attached hydrogens (tertiary/aromatic N) is 2. The molecule has 0 aromatic heterocycles. The minimum Gasteiger partial charge on any atom is -0.387 e. The Labute approximate surface area is 168 Å². The molecule has 1 heterocycles. The highest BCUT2D eigenvalue weighted by Gasteiger charge is 2.45. The second kappa shape index (κ2) is 9.31. The number of aliphatic imine (C=N–C) groups is 1. The first kappa shape index (κ1) is 20.6. The van der Waals surface area contributed by atoms with Gasteiger partial charge >= 0.3 is 0 Å². The second-order valence-electron chi connectivity index (χ2n) is 7.47. The zero-order chi connectivity index (χ0) is 16.3. The molecule has 1 aliphatic heterocycles. The summed E-state index contributed by atoms with van der Waals surface area (Å²) in [5.41, 5.74) is -0.576. The number of hydrogen-bond acceptors (Lipinski definition) is 3. The molecule has 0 bridgehead atoms. The molecular formula is C18H34IN3OS. The van der Waals surface area contributed by atoms with Gasteiger partial charge in [0.05, 0.1) is 12.1 Å². The predicted molar refractivity (Wildman–Crippen MR) is 115 cm³/mol. The van der Waals surface area contributed by atoms with Crippen molar-refractivity contribution in [2.45, 2.75) is 63.2 Å². The molecule has 4 nitrogen and oxygen atoms in total. The summed E-state index contributed by atoms with van der Waals surface area (Å²) in [5, 5.41) is 14.6. The lowest BCUT2D eigenvalue weighted by atomic mass is 9.79. The lowest BCUT2D eigenvalue weighted by Crippen LogP contribution is -2.53. The fourth-order valence-corrected chi connectivity index (χ4v) is 5.62. The summed E-state index contributed by atoms with van der Waals surface area (Å²) >= 11 is 1.89. The van der Waals surface area contributed by atoms with E-state index in [9.17, 15) is 5.11 Å². The minimum atomic E-state index is -0.576. The predicted octanol–water partition coefficient (Wildman–Crippen LogP) is 3.34. The van der Waals surface area contributed by atoms with Gasteiger partial charge in [-0.1, -0.05) is 19.8 Å². The fourth-order valence-electron chi connectivity index (χ4n) is 4.43. The monoisotopic (exact) mass is 467 g/mol. The molecule has 4 atom stereocenters. The molecule has 0 aromatic rings. The number of thioether (sulfide) groups is 1. The topological polar surface area (TPSA) is 47.9 Å². The summed E-state index contributed by atoms with van der Waals surface area (Å²) < 4.78 is 0. The van der Waals surface area contributed by atoms with E-state index in [2.05, 4.69) is 24.1 Å². The molecule has 2 saturated carbocycles. The molecule has 3 aliphatic rings. The lowest BCUT2D eigenvalue weighted by Gasteiger charge is -2.44. The molecule has 0 aromatic carbocycles. The third-order valence-corrected chi connectivity index (χ3v) is 7.33. The van der Waals surface area contributed by atoms with Crippen molar-refractivity contribution in [1.29, 1.82) is 0 Å². The summed E-state index contributed by atoms with van der Waals surface area (Å²) in [5.74, 6) is 3.83. The van der Waals surface area contributed by atoms with Gasteiger partial charge in [0.2, 0.25) is 0 Å². The Hall–Kier alpha value is 0.310. The van der Waals surface area contributed by atoms with Crippen LogP contribution in [0, 0.1) is 11.8 Å². The molecule has 0 radical (unpaired) electrons. The summed E-state index contributed by atoms with van der Waals surface area (Å²) in [6, 6.07) is 0. The Bertz CT molecular complexity index is 422. The molecule has 2 N–H and O–H groups in total. The van der Waals surface area contributed by atoms with Gasteiger partial charge in [-0.2, -0.15) is 11.8 Å². The van der Waals surface area contributed by atoms with Crippen LogP contribution in [0.25, 0.3) is 0 Å². The summed E-state index contributed by atoms with van der Waals surface area (Å²) in [6.07, 6.45) is 7.61. The molecule has 2 aliphatic carbocycles. The third-order valence-electron chi connectivity index (χ3n) is 5.92. The largest absolute Gasteiger partial charge is 0.387 e. The van der Waals surface area contributed by atoms with Gasteiger partial charge in [0, 0.05) is 24.9 Å². The van der Waals surface area contributed by atoms with E-state index in [0.717, 1.165) is 56.0 Å². The van der Waals surface area contributed by atoms with Gasteiger partial charge in [0.15, 0.2) is 5.96 Å². The number of nitrogens with one attached hydrogen (secondary N) is 1. The maximum absolute atomic E-state index is 10.8. The van der Waals surface area contributed by atoms with Gasteiger partial charge < -0.3 is 15.3 Å². The van der Waals surface area contributed by atoms with Gasteiger partial charge in [-0.25, -0.2) is 0 Å². The van der Waals surface area contributed by atoms with Crippen LogP contribution in [0.1, 0.15) is 52.4 Å². The smallest absolute Gasteiger partial charge is 0.194 e. The minimum absolute atomic E-state index is 0. The van der Waals surface area contributed by atoms with Crippen LogP contribution in [-0.2, 0) is 0 Å². The average molecular weight is 467 g/mol. The number of rotatable bonds is 5. The van der Waals surface area contributed by atoms with Crippen LogP contribution < -0.4 is 5.32 Å². The first-order valence-electron chi connectivity index (χ1n) is 9.53. The van der Waals surface area contributed by atoms with Crippen molar-refractivity contribution in [1.82, 2.24) is 10.2 Å². The first-order valence-corrected chi connectivity index (χ1v) is 10.6. The van der Waals surface area contributed by atoms with Crippen LogP contribution >= 0.6 is 35.7 Å². The number of aliphatic hydroxyl groups is 1. The normalized spacial score (nSPS) is 35.9. The zero-order valence-corrected chi connectivity index (χ0v) is 18.3. The summed E-state index contributed by atoms with van der Waals surface area (Å²) in [4.78, 5) is 7.30. The molecular weight excluding hydrogens is 433 g/mol. The molecule has 0 amide bonds. The van der Waals surface area contributed by atoms with Crippen LogP contribution in [0.4, 0.5) is 0 Å². The van der Waals surface area contributed by atoms with E-state index < -0.39 is 5.60 Å². The highest BCUT2D eigenvalue weighted by atomic mass is 127. The van der Waals surface area contributed by atoms with Crippen molar-refractivity contribution in [3.8, 4) is 0 Å². The molecule has 24 heavy (non-hydrogen) atoms. The average Bonchev–Trinajstić information content (AvgIpc) is 2.99. The number of likely N-dealkylation sites (tertiary alicyclic amines) is 1. The Balaban J connectivity index is 0.00000208. The number of halogens is 1. The molecule has 4 unspecified atom stereocenters. The second-order valence-corrected chi connectivity index (χ2v) is 8.95. The van der Waals surface area contributed by atoms with E-state index in [0.29, 0.717) is 11.8 Å². The standard InChI is InChI=1S/C18H33N3OS.HI/c1-3-19-17(20-13-18(22)10-9-16(18)23-4-2)21-11-14-7-5-6-8-15(14)12-21;/h14-16,22H,3-13H2,1-2H3,(H,19,20);1H. The van der Waals surface area contributed by atoms with Crippen LogP contribution in [0.3, 0.4) is 0 Å². The highest BCUT2D eigenvalue weighted by Crippen LogP contribution is 2.41. The summed E-state index contributed by atoms with van der Waals surface area (Å²) in [6.45, 7) is 8.06. The van der Waals surface area contributed by atoms with Crippen LogP contribution in [0.5, 0.6) is 0 Å². The SMILES string of the molecule is CCNC(=NCC1(O)CCC1SCC)N1CC2CCCCC2C1.I. The van der Waals surface area contributed by atoms with E-state index in [1.165, 1.54) is 25.7 Å². The summed E-state index contributed by atoms with van der Waals surface area (Å²) in [7, 11) is 0. The van der Waals surface area contributed by atoms with Crippen molar-refractivity contribution < 1.29 is 5.11 Å². The van der Waals surface area contributed by atoms with Crippen molar-refractivity contribution in [3.63, 3.8) is 0 Å². The molecule has 3 fully saturated rings. The highest BCUT2D eigenvalue weighted by molar-refractivity contribution is 14.0. The Morgan fingerprint density at radius 2 is 1.88 bits per heavy atom. The first-order chi connectivity index (χ1) is 11.2. The maximum atomic E-state index is 10.8. The molecule has 0 spiro atoms. The van der Waals surface area contributed by atoms with E-state index in [1.807, 2.05) is 11.8 Å². The number of hydrogen-bond donors (Lipinski definition) is 2. The van der Waals surface area contributed by atoms with Crippen molar-refractivity contribution in [2.75, 3.05) is 31.9 Å². The molecule has 140 valence electrons. The zero-order valence-electron chi connectivity index (χ0n) is 15.2. The van der Waals surface area contributed by atoms with Crippen LogP contribution in [0.2, 0.25) is 0 Å². The van der Waals surface area contributed by atoms with Crippen LogP contribution in [0.15, 0.2) is 4.99 Å². The Morgan fingerprint density at radius 3 is 2.38 bits per heavy atom. The van der Waals surface area contributed by atoms with Crippen molar-refractivity contribution in [2.24, 2.45) is 16.8 Å². The van der Waals surface area contributed by atoms with Gasteiger partial charge in [-0.15, -0.1) is 24.0 Å². The van der Waals surface area contributed by atoms with Crippen molar-refractivity contribution >= 4 is 41.7 Å². The number of fused-ring (bicyclic) bond motifs is 1. The fraction of sp³-hybridized carbons (Fsp3) is 0.944. The molecule has 3 rings (SSSR count). The van der Waals surface area contributed by atoms with Crippen LogP contribution in [-0.4, -0.2) is 58.7 Å². The van der Waals surface area contributed by atoms with E-state index in [1.54, 1.807) is 0 Å².